The van der Waals surface area contributed by atoms with E-state index in [4.69, 9.17) is 5.11 Å². The van der Waals surface area contributed by atoms with Crippen LogP contribution in [-0.4, -0.2) is 19.6 Å². The zero-order valence-corrected chi connectivity index (χ0v) is 9.53. The first kappa shape index (κ1) is 10.3. The highest BCUT2D eigenvalue weighted by Gasteiger charge is 2.11. The molecule has 2 aromatic heterocycles. The van der Waals surface area contributed by atoms with Gasteiger partial charge in [-0.05, 0) is 13.8 Å². The van der Waals surface area contributed by atoms with Crippen LogP contribution in [0.15, 0.2) is 18.7 Å². The molecule has 0 aliphatic heterocycles. The van der Waals surface area contributed by atoms with E-state index in [2.05, 4.69) is 28.4 Å². The van der Waals surface area contributed by atoms with Crippen molar-refractivity contribution in [2.45, 2.75) is 26.5 Å². The average Bonchev–Trinajstić information content (AvgIpc) is 2.85. The Balaban J connectivity index is 2.40. The summed E-state index contributed by atoms with van der Waals surface area (Å²) < 4.78 is 2.07. The van der Waals surface area contributed by atoms with Crippen molar-refractivity contribution in [1.82, 2.24) is 14.5 Å². The van der Waals surface area contributed by atoms with Gasteiger partial charge in [-0.25, -0.2) is 9.97 Å². The standard InChI is InChI=1S/C10H13N3OS/c1-7(2)13-6-11-4-9(13)10-12-3-8(5-14)15-10/h3-4,6-7,14H,5H2,1-2H3. The molecule has 2 heterocycles. The van der Waals surface area contributed by atoms with Crippen molar-refractivity contribution in [3.8, 4) is 10.7 Å². The molecule has 0 radical (unpaired) electrons. The molecule has 4 nitrogen and oxygen atoms in total. The number of nitrogens with zero attached hydrogens (tertiary/aromatic N) is 3. The van der Waals surface area contributed by atoms with Crippen molar-refractivity contribution in [2.75, 3.05) is 0 Å². The predicted octanol–water partition coefficient (Wildman–Crippen LogP) is 2.08. The molecular formula is C10H13N3OS. The summed E-state index contributed by atoms with van der Waals surface area (Å²) in [6, 6.07) is 0.365. The lowest BCUT2D eigenvalue weighted by Crippen LogP contribution is -2.00. The summed E-state index contributed by atoms with van der Waals surface area (Å²) in [6.07, 6.45) is 5.32. The Morgan fingerprint density at radius 2 is 2.27 bits per heavy atom. The van der Waals surface area contributed by atoms with Gasteiger partial charge in [0, 0.05) is 12.2 Å². The molecular weight excluding hydrogens is 210 g/mol. The lowest BCUT2D eigenvalue weighted by molar-refractivity contribution is 0.285. The summed E-state index contributed by atoms with van der Waals surface area (Å²) in [7, 11) is 0. The molecule has 0 aliphatic carbocycles. The third kappa shape index (κ3) is 1.93. The minimum Gasteiger partial charge on any atom is -0.391 e. The minimum absolute atomic E-state index is 0.0491. The number of hydrogen-bond acceptors (Lipinski definition) is 4. The van der Waals surface area contributed by atoms with Crippen LogP contribution in [-0.2, 0) is 6.61 Å². The molecule has 0 amide bonds. The molecule has 1 N–H and O–H groups in total. The van der Waals surface area contributed by atoms with Gasteiger partial charge in [0.2, 0.25) is 0 Å². The van der Waals surface area contributed by atoms with Gasteiger partial charge < -0.3 is 9.67 Å². The van der Waals surface area contributed by atoms with Crippen LogP contribution in [0.4, 0.5) is 0 Å². The summed E-state index contributed by atoms with van der Waals surface area (Å²) in [6.45, 7) is 4.25. The fourth-order valence-electron chi connectivity index (χ4n) is 1.38. The highest BCUT2D eigenvalue weighted by Crippen LogP contribution is 2.26. The number of aliphatic hydroxyl groups excluding tert-OH is 1. The van der Waals surface area contributed by atoms with Crippen molar-refractivity contribution in [3.05, 3.63) is 23.6 Å². The predicted molar refractivity (Wildman–Crippen MR) is 59.6 cm³/mol. The summed E-state index contributed by atoms with van der Waals surface area (Å²) in [4.78, 5) is 9.27. The highest BCUT2D eigenvalue weighted by molar-refractivity contribution is 7.14. The number of aromatic nitrogens is 3. The van der Waals surface area contributed by atoms with E-state index in [0.717, 1.165) is 15.6 Å². The zero-order valence-electron chi connectivity index (χ0n) is 8.71. The Bertz CT molecular complexity index is 447. The van der Waals surface area contributed by atoms with Gasteiger partial charge in [0.25, 0.3) is 0 Å². The molecule has 15 heavy (non-hydrogen) atoms. The summed E-state index contributed by atoms with van der Waals surface area (Å²) >= 11 is 1.50. The van der Waals surface area contributed by atoms with Crippen LogP contribution in [0, 0.1) is 0 Å². The van der Waals surface area contributed by atoms with E-state index in [1.807, 2.05) is 0 Å². The summed E-state index contributed by atoms with van der Waals surface area (Å²) in [5, 5.41) is 9.88. The van der Waals surface area contributed by atoms with Crippen molar-refractivity contribution in [1.29, 1.82) is 0 Å². The largest absolute Gasteiger partial charge is 0.391 e. The normalized spacial score (nSPS) is 11.2. The van der Waals surface area contributed by atoms with Gasteiger partial charge >= 0.3 is 0 Å². The van der Waals surface area contributed by atoms with Gasteiger partial charge in [0.15, 0.2) is 0 Å². The van der Waals surface area contributed by atoms with E-state index in [1.165, 1.54) is 11.3 Å². The molecule has 2 aromatic rings. The first-order valence-electron chi connectivity index (χ1n) is 4.80. The van der Waals surface area contributed by atoms with Crippen LogP contribution >= 0.6 is 11.3 Å². The molecule has 2 rings (SSSR count). The number of thiazole rings is 1. The lowest BCUT2D eigenvalue weighted by Gasteiger charge is -2.09. The van der Waals surface area contributed by atoms with Crippen LogP contribution in [0.25, 0.3) is 10.7 Å². The topological polar surface area (TPSA) is 50.9 Å². The molecule has 0 aromatic carbocycles. The van der Waals surface area contributed by atoms with Gasteiger partial charge in [-0.15, -0.1) is 11.3 Å². The van der Waals surface area contributed by atoms with Crippen LogP contribution in [0.3, 0.4) is 0 Å². The van der Waals surface area contributed by atoms with E-state index < -0.39 is 0 Å². The van der Waals surface area contributed by atoms with Crippen LogP contribution in [0.2, 0.25) is 0 Å². The first-order valence-corrected chi connectivity index (χ1v) is 5.61. The summed E-state index contributed by atoms with van der Waals surface area (Å²) in [5.41, 5.74) is 1.01. The third-order valence-electron chi connectivity index (χ3n) is 2.15. The fourth-order valence-corrected chi connectivity index (χ4v) is 2.17. The van der Waals surface area contributed by atoms with Gasteiger partial charge in [-0.2, -0.15) is 0 Å². The lowest BCUT2D eigenvalue weighted by atomic mass is 10.3. The quantitative estimate of drug-likeness (QED) is 0.866. The maximum atomic E-state index is 8.97. The van der Waals surface area contributed by atoms with Gasteiger partial charge in [0.05, 0.1) is 29.7 Å². The molecule has 5 heteroatoms. The summed E-state index contributed by atoms with van der Waals surface area (Å²) in [5.74, 6) is 0. The second kappa shape index (κ2) is 4.12. The Hall–Kier alpha value is -1.20. The van der Waals surface area contributed by atoms with Crippen molar-refractivity contribution >= 4 is 11.3 Å². The molecule has 80 valence electrons. The van der Waals surface area contributed by atoms with Gasteiger partial charge in [0.1, 0.15) is 5.01 Å². The van der Waals surface area contributed by atoms with E-state index in [9.17, 15) is 0 Å². The van der Waals surface area contributed by atoms with E-state index in [1.54, 1.807) is 18.7 Å². The molecule has 0 atom stereocenters. The second-order valence-electron chi connectivity index (χ2n) is 3.57. The van der Waals surface area contributed by atoms with Crippen molar-refractivity contribution in [3.63, 3.8) is 0 Å². The number of rotatable bonds is 3. The van der Waals surface area contributed by atoms with Crippen molar-refractivity contribution in [2.24, 2.45) is 0 Å². The zero-order chi connectivity index (χ0) is 10.8. The monoisotopic (exact) mass is 223 g/mol. The smallest absolute Gasteiger partial charge is 0.141 e. The molecule has 0 saturated heterocycles. The SMILES string of the molecule is CC(C)n1cncc1-c1ncc(CO)s1. The maximum absolute atomic E-state index is 8.97. The second-order valence-corrected chi connectivity index (χ2v) is 4.68. The Morgan fingerprint density at radius 1 is 1.47 bits per heavy atom. The van der Waals surface area contributed by atoms with E-state index in [0.29, 0.717) is 6.04 Å². The molecule has 0 bridgehead atoms. The van der Waals surface area contributed by atoms with Crippen molar-refractivity contribution < 1.29 is 5.11 Å². The van der Waals surface area contributed by atoms with E-state index >= 15 is 0 Å². The average molecular weight is 223 g/mol. The molecule has 0 aliphatic rings. The fraction of sp³-hybridized carbons (Fsp3) is 0.400. The molecule has 0 spiro atoms. The number of hydrogen-bond donors (Lipinski definition) is 1. The van der Waals surface area contributed by atoms with Crippen LogP contribution in [0.5, 0.6) is 0 Å². The van der Waals surface area contributed by atoms with Gasteiger partial charge in [-0.3, -0.25) is 0 Å². The molecule has 0 saturated carbocycles. The van der Waals surface area contributed by atoms with Crippen LogP contribution in [0.1, 0.15) is 24.8 Å². The third-order valence-corrected chi connectivity index (χ3v) is 3.16. The molecule has 0 unspecified atom stereocenters. The van der Waals surface area contributed by atoms with E-state index in [-0.39, 0.29) is 6.61 Å². The van der Waals surface area contributed by atoms with Crippen LogP contribution < -0.4 is 0 Å². The number of aliphatic hydroxyl groups is 1. The van der Waals surface area contributed by atoms with Gasteiger partial charge in [-0.1, -0.05) is 0 Å². The maximum Gasteiger partial charge on any atom is 0.141 e. The highest BCUT2D eigenvalue weighted by atomic mass is 32.1. The first-order chi connectivity index (χ1) is 7.22. The Morgan fingerprint density at radius 3 is 2.87 bits per heavy atom. The number of imidazole rings is 1. The Labute approximate surface area is 92.2 Å². The minimum atomic E-state index is 0.0491. The molecule has 0 fully saturated rings. The Kier molecular flexibility index (Phi) is 2.83.